The summed E-state index contributed by atoms with van der Waals surface area (Å²) in [5.41, 5.74) is -0.377. The molecule has 0 aromatic rings. The maximum atomic E-state index is 11.9. The summed E-state index contributed by atoms with van der Waals surface area (Å²) in [6.45, 7) is 2.06. The number of amides is 1. The van der Waals surface area contributed by atoms with Crippen LogP contribution in [0.1, 0.15) is 19.3 Å². The highest BCUT2D eigenvalue weighted by Crippen LogP contribution is 2.30. The number of hydrogen-bond donors (Lipinski definition) is 2. The Morgan fingerprint density at radius 2 is 1.76 bits per heavy atom. The number of carbonyl (C=O) groups is 1. The van der Waals surface area contributed by atoms with E-state index in [1.807, 2.05) is 23.9 Å². The zero-order chi connectivity index (χ0) is 12.9. The number of nitrogens with zero attached hydrogens (tertiary/aromatic N) is 2. The van der Waals surface area contributed by atoms with Gasteiger partial charge in [-0.25, -0.2) is 0 Å². The van der Waals surface area contributed by atoms with Gasteiger partial charge < -0.3 is 20.0 Å². The van der Waals surface area contributed by atoms with Crippen molar-refractivity contribution in [2.45, 2.75) is 19.3 Å². The molecule has 0 saturated carbocycles. The van der Waals surface area contributed by atoms with Crippen LogP contribution < -0.4 is 0 Å². The van der Waals surface area contributed by atoms with Crippen molar-refractivity contribution in [1.82, 2.24) is 9.80 Å². The van der Waals surface area contributed by atoms with Gasteiger partial charge in [0, 0.05) is 31.5 Å². The summed E-state index contributed by atoms with van der Waals surface area (Å²) >= 11 is 0. The molecule has 0 aromatic carbocycles. The fraction of sp³-hybridized carbons (Fsp3) is 0.917. The third-order valence-electron chi connectivity index (χ3n) is 3.62. The lowest BCUT2D eigenvalue weighted by Crippen LogP contribution is -2.46. The third kappa shape index (κ3) is 3.94. The molecule has 17 heavy (non-hydrogen) atoms. The van der Waals surface area contributed by atoms with Crippen LogP contribution in [0.5, 0.6) is 0 Å². The summed E-state index contributed by atoms with van der Waals surface area (Å²) in [5, 5.41) is 18.5. The highest BCUT2D eigenvalue weighted by molar-refractivity contribution is 5.76. The van der Waals surface area contributed by atoms with Gasteiger partial charge in [0.2, 0.25) is 5.91 Å². The predicted octanol–water partition coefficient (Wildman–Crippen LogP) is -0.468. The van der Waals surface area contributed by atoms with Gasteiger partial charge in [0.05, 0.1) is 13.2 Å². The molecule has 2 N–H and O–H groups in total. The van der Waals surface area contributed by atoms with Gasteiger partial charge in [-0.05, 0) is 26.9 Å². The number of piperidine rings is 1. The first-order chi connectivity index (χ1) is 8.03. The van der Waals surface area contributed by atoms with Gasteiger partial charge in [-0.1, -0.05) is 0 Å². The van der Waals surface area contributed by atoms with E-state index in [2.05, 4.69) is 0 Å². The number of likely N-dealkylation sites (tertiary alicyclic amines) is 1. The van der Waals surface area contributed by atoms with E-state index in [0.29, 0.717) is 32.4 Å². The van der Waals surface area contributed by atoms with Crippen molar-refractivity contribution in [3.8, 4) is 0 Å². The second-order valence-corrected chi connectivity index (χ2v) is 5.25. The standard InChI is InChI=1S/C12H24N2O3/c1-13(2)6-3-11(17)14-7-4-12(9-15,10-16)5-8-14/h15-16H,3-10H2,1-2H3. The molecule has 5 nitrogen and oxygen atoms in total. The van der Waals surface area contributed by atoms with E-state index in [9.17, 15) is 15.0 Å². The largest absolute Gasteiger partial charge is 0.396 e. The molecule has 0 bridgehead atoms. The lowest BCUT2D eigenvalue weighted by molar-refractivity contribution is -0.135. The van der Waals surface area contributed by atoms with Crippen LogP contribution in [0.4, 0.5) is 0 Å². The molecule has 1 rings (SSSR count). The first-order valence-corrected chi connectivity index (χ1v) is 6.17. The Balaban J connectivity index is 2.38. The van der Waals surface area contributed by atoms with E-state index in [0.717, 1.165) is 6.54 Å². The Kier molecular flexibility index (Phi) is 5.36. The first kappa shape index (κ1) is 14.4. The molecule has 0 spiro atoms. The Bertz CT molecular complexity index is 242. The zero-order valence-corrected chi connectivity index (χ0v) is 10.9. The average Bonchev–Trinajstić information content (AvgIpc) is 2.36. The molecular formula is C12H24N2O3. The van der Waals surface area contributed by atoms with Gasteiger partial charge >= 0.3 is 0 Å². The summed E-state index contributed by atoms with van der Waals surface area (Å²) in [4.78, 5) is 15.7. The van der Waals surface area contributed by atoms with Crippen molar-refractivity contribution in [3.63, 3.8) is 0 Å². The van der Waals surface area contributed by atoms with Crippen molar-refractivity contribution in [3.05, 3.63) is 0 Å². The quantitative estimate of drug-likeness (QED) is 0.686. The Hall–Kier alpha value is -0.650. The molecule has 1 fully saturated rings. The van der Waals surface area contributed by atoms with Crippen LogP contribution >= 0.6 is 0 Å². The highest BCUT2D eigenvalue weighted by Gasteiger charge is 2.34. The number of aliphatic hydroxyl groups excluding tert-OH is 2. The summed E-state index contributed by atoms with van der Waals surface area (Å²) in [7, 11) is 3.90. The van der Waals surface area contributed by atoms with Gasteiger partial charge in [-0.3, -0.25) is 4.79 Å². The van der Waals surface area contributed by atoms with Crippen molar-refractivity contribution >= 4 is 5.91 Å². The van der Waals surface area contributed by atoms with E-state index in [1.165, 1.54) is 0 Å². The minimum atomic E-state index is -0.377. The SMILES string of the molecule is CN(C)CCC(=O)N1CCC(CO)(CO)CC1. The van der Waals surface area contributed by atoms with Crippen molar-refractivity contribution in [2.75, 3.05) is 46.9 Å². The van der Waals surface area contributed by atoms with Gasteiger partial charge in [0.25, 0.3) is 0 Å². The van der Waals surface area contributed by atoms with Gasteiger partial charge in [-0.2, -0.15) is 0 Å². The van der Waals surface area contributed by atoms with Crippen LogP contribution in [-0.2, 0) is 4.79 Å². The van der Waals surface area contributed by atoms with E-state index in [-0.39, 0.29) is 24.5 Å². The third-order valence-corrected chi connectivity index (χ3v) is 3.62. The molecule has 1 heterocycles. The molecule has 1 saturated heterocycles. The normalized spacial score (nSPS) is 19.7. The average molecular weight is 244 g/mol. The Morgan fingerprint density at radius 3 is 2.18 bits per heavy atom. The van der Waals surface area contributed by atoms with Crippen LogP contribution in [0.25, 0.3) is 0 Å². The second kappa shape index (κ2) is 6.33. The van der Waals surface area contributed by atoms with Gasteiger partial charge in [0.1, 0.15) is 0 Å². The van der Waals surface area contributed by atoms with E-state index >= 15 is 0 Å². The number of aliphatic hydroxyl groups is 2. The monoisotopic (exact) mass is 244 g/mol. The molecule has 0 unspecified atom stereocenters. The molecule has 5 heteroatoms. The fourth-order valence-electron chi connectivity index (χ4n) is 2.07. The smallest absolute Gasteiger partial charge is 0.223 e. The number of hydrogen-bond acceptors (Lipinski definition) is 4. The Labute approximate surface area is 103 Å². The fourth-order valence-corrected chi connectivity index (χ4v) is 2.07. The highest BCUT2D eigenvalue weighted by atomic mass is 16.3. The van der Waals surface area contributed by atoms with Crippen LogP contribution in [-0.4, -0.2) is 72.9 Å². The summed E-state index contributed by atoms with van der Waals surface area (Å²) < 4.78 is 0. The molecule has 0 radical (unpaired) electrons. The minimum absolute atomic E-state index is 0.00320. The molecule has 0 aliphatic carbocycles. The maximum absolute atomic E-state index is 11.9. The van der Waals surface area contributed by atoms with Crippen LogP contribution in [0.3, 0.4) is 0 Å². The second-order valence-electron chi connectivity index (χ2n) is 5.25. The predicted molar refractivity (Wildman–Crippen MR) is 65.6 cm³/mol. The Morgan fingerprint density at radius 1 is 1.24 bits per heavy atom. The topological polar surface area (TPSA) is 64.0 Å². The summed E-state index contributed by atoms with van der Waals surface area (Å²) in [5.74, 6) is 0.170. The molecule has 100 valence electrons. The van der Waals surface area contributed by atoms with E-state index in [1.54, 1.807) is 0 Å². The molecular weight excluding hydrogens is 220 g/mol. The van der Waals surface area contributed by atoms with E-state index in [4.69, 9.17) is 0 Å². The summed E-state index contributed by atoms with van der Waals surface area (Å²) in [6, 6.07) is 0. The molecule has 0 aromatic heterocycles. The van der Waals surface area contributed by atoms with Crippen LogP contribution in [0.15, 0.2) is 0 Å². The number of carbonyl (C=O) groups excluding carboxylic acids is 1. The van der Waals surface area contributed by atoms with Crippen molar-refractivity contribution < 1.29 is 15.0 Å². The van der Waals surface area contributed by atoms with Crippen molar-refractivity contribution in [2.24, 2.45) is 5.41 Å². The summed E-state index contributed by atoms with van der Waals surface area (Å²) in [6.07, 6.45) is 1.92. The molecule has 1 aliphatic rings. The van der Waals surface area contributed by atoms with Crippen LogP contribution in [0.2, 0.25) is 0 Å². The number of rotatable bonds is 5. The molecule has 1 amide bonds. The van der Waals surface area contributed by atoms with Crippen molar-refractivity contribution in [1.29, 1.82) is 0 Å². The first-order valence-electron chi connectivity index (χ1n) is 6.17. The molecule has 1 aliphatic heterocycles. The molecule has 0 atom stereocenters. The lowest BCUT2D eigenvalue weighted by atomic mass is 9.80. The zero-order valence-electron chi connectivity index (χ0n) is 10.9. The van der Waals surface area contributed by atoms with Crippen LogP contribution in [0, 0.1) is 5.41 Å². The van der Waals surface area contributed by atoms with E-state index < -0.39 is 0 Å². The minimum Gasteiger partial charge on any atom is -0.396 e. The van der Waals surface area contributed by atoms with Gasteiger partial charge in [-0.15, -0.1) is 0 Å². The van der Waals surface area contributed by atoms with Gasteiger partial charge in [0.15, 0.2) is 0 Å². The maximum Gasteiger partial charge on any atom is 0.223 e. The lowest BCUT2D eigenvalue weighted by Gasteiger charge is -2.39.